The summed E-state index contributed by atoms with van der Waals surface area (Å²) in [4.78, 5) is 22.7. The molecule has 1 aliphatic heterocycles. The van der Waals surface area contributed by atoms with E-state index in [1.165, 1.54) is 0 Å². The van der Waals surface area contributed by atoms with Gasteiger partial charge in [-0.3, -0.25) is 4.79 Å². The average molecular weight is 259 g/mol. The Labute approximate surface area is 107 Å². The monoisotopic (exact) mass is 259 g/mol. The first-order valence-electron chi connectivity index (χ1n) is 6.15. The minimum Gasteiger partial charge on any atom is -0.463 e. The first kappa shape index (κ1) is 14.8. The van der Waals surface area contributed by atoms with E-state index in [1.54, 1.807) is 0 Å². The van der Waals surface area contributed by atoms with Crippen LogP contribution in [-0.2, 0) is 19.0 Å². The van der Waals surface area contributed by atoms with Crippen molar-refractivity contribution in [1.82, 2.24) is 5.32 Å². The second kappa shape index (κ2) is 6.58. The Balaban J connectivity index is 2.03. The molecule has 0 radical (unpaired) electrons. The number of carbonyl (C=O) groups excluding carboxylic acids is 2. The molecule has 1 unspecified atom stereocenters. The van der Waals surface area contributed by atoms with Crippen molar-refractivity contribution in [3.63, 3.8) is 0 Å². The summed E-state index contributed by atoms with van der Waals surface area (Å²) < 4.78 is 14.8. The first-order chi connectivity index (χ1) is 8.45. The molecule has 104 valence electrons. The lowest BCUT2D eigenvalue weighted by Gasteiger charge is -2.20. The summed E-state index contributed by atoms with van der Waals surface area (Å²) in [6, 6.07) is 0. The smallest absolute Gasteiger partial charge is 0.407 e. The van der Waals surface area contributed by atoms with Gasteiger partial charge in [-0.25, -0.2) is 4.79 Å². The number of epoxide rings is 1. The third kappa shape index (κ3) is 5.35. The van der Waals surface area contributed by atoms with E-state index >= 15 is 0 Å². The molecule has 6 nitrogen and oxygen atoms in total. The topological polar surface area (TPSA) is 77.2 Å². The molecule has 1 fully saturated rings. The Hall–Kier alpha value is -1.30. The van der Waals surface area contributed by atoms with Crippen molar-refractivity contribution in [2.45, 2.75) is 33.3 Å². The van der Waals surface area contributed by atoms with Gasteiger partial charge in [-0.05, 0) is 20.3 Å². The Bertz CT molecular complexity index is 299. The fourth-order valence-electron chi connectivity index (χ4n) is 1.02. The number of amides is 1. The van der Waals surface area contributed by atoms with E-state index in [0.29, 0.717) is 13.0 Å². The Morgan fingerprint density at radius 3 is 2.61 bits per heavy atom. The number of hydrogen-bond donors (Lipinski definition) is 1. The van der Waals surface area contributed by atoms with Crippen LogP contribution in [0.3, 0.4) is 0 Å². The van der Waals surface area contributed by atoms with Crippen LogP contribution in [-0.4, -0.2) is 44.5 Å². The average Bonchev–Trinajstić information content (AvgIpc) is 3.15. The molecule has 1 saturated heterocycles. The first-order valence-corrected chi connectivity index (χ1v) is 6.15. The van der Waals surface area contributed by atoms with E-state index in [9.17, 15) is 9.59 Å². The lowest BCUT2D eigenvalue weighted by molar-refractivity contribution is -0.153. The number of rotatable bonds is 7. The van der Waals surface area contributed by atoms with E-state index in [2.05, 4.69) is 5.32 Å². The quantitative estimate of drug-likeness (QED) is 0.421. The lowest BCUT2D eigenvalue weighted by Crippen LogP contribution is -2.32. The van der Waals surface area contributed by atoms with E-state index in [4.69, 9.17) is 14.2 Å². The van der Waals surface area contributed by atoms with E-state index < -0.39 is 11.5 Å². The van der Waals surface area contributed by atoms with Gasteiger partial charge in [0.15, 0.2) is 0 Å². The third-order valence-electron chi connectivity index (χ3n) is 2.84. The van der Waals surface area contributed by atoms with Crippen molar-refractivity contribution < 1.29 is 23.8 Å². The molecule has 1 amide bonds. The van der Waals surface area contributed by atoms with Crippen LogP contribution >= 0.6 is 0 Å². The summed E-state index contributed by atoms with van der Waals surface area (Å²) in [6.45, 7) is 6.90. The Morgan fingerprint density at radius 2 is 2.06 bits per heavy atom. The van der Waals surface area contributed by atoms with Gasteiger partial charge in [0, 0.05) is 0 Å². The van der Waals surface area contributed by atoms with Gasteiger partial charge >= 0.3 is 12.1 Å². The van der Waals surface area contributed by atoms with E-state index in [0.717, 1.165) is 0 Å². The van der Waals surface area contributed by atoms with Gasteiger partial charge in [-0.2, -0.15) is 0 Å². The lowest BCUT2D eigenvalue weighted by atomic mass is 9.91. The summed E-state index contributed by atoms with van der Waals surface area (Å²) in [7, 11) is 0. The van der Waals surface area contributed by atoms with Crippen LogP contribution in [0, 0.1) is 5.41 Å². The summed E-state index contributed by atoms with van der Waals surface area (Å²) in [5, 5.41) is 2.50. The predicted octanol–water partition coefficient (Wildman–Crippen LogP) is 1.09. The molecule has 0 aromatic rings. The predicted molar refractivity (Wildman–Crippen MR) is 64.1 cm³/mol. The van der Waals surface area contributed by atoms with Gasteiger partial charge < -0.3 is 19.5 Å². The summed E-state index contributed by atoms with van der Waals surface area (Å²) >= 11 is 0. The highest BCUT2D eigenvalue weighted by molar-refractivity contribution is 5.75. The molecule has 0 bridgehead atoms. The van der Waals surface area contributed by atoms with Gasteiger partial charge in [0.25, 0.3) is 0 Å². The van der Waals surface area contributed by atoms with Crippen molar-refractivity contribution in [2.75, 3.05) is 26.4 Å². The summed E-state index contributed by atoms with van der Waals surface area (Å²) in [6.07, 6.45) is 0.248. The zero-order chi connectivity index (χ0) is 13.6. The van der Waals surface area contributed by atoms with Crippen molar-refractivity contribution in [2.24, 2.45) is 5.41 Å². The minimum absolute atomic E-state index is 0.0546. The molecule has 6 heteroatoms. The molecular weight excluding hydrogens is 238 g/mol. The Kier molecular flexibility index (Phi) is 5.40. The highest BCUT2D eigenvalue weighted by Crippen LogP contribution is 2.21. The molecule has 1 rings (SSSR count). The maximum atomic E-state index is 11.6. The fraction of sp³-hybridized carbons (Fsp3) is 0.833. The second-order valence-corrected chi connectivity index (χ2v) is 4.85. The highest BCUT2D eigenvalue weighted by Gasteiger charge is 2.27. The minimum atomic E-state index is -0.517. The molecule has 1 N–H and O–H groups in total. The number of alkyl carbamates (subject to hydrolysis) is 1. The largest absolute Gasteiger partial charge is 0.463 e. The molecule has 18 heavy (non-hydrogen) atoms. The second-order valence-electron chi connectivity index (χ2n) is 4.85. The van der Waals surface area contributed by atoms with Crippen molar-refractivity contribution in [3.05, 3.63) is 0 Å². The zero-order valence-electron chi connectivity index (χ0n) is 11.2. The molecule has 0 spiro atoms. The maximum absolute atomic E-state index is 11.6. The molecule has 1 heterocycles. The summed E-state index contributed by atoms with van der Waals surface area (Å²) in [5.41, 5.74) is -0.482. The molecule has 0 saturated carbocycles. The molecule has 1 atom stereocenters. The van der Waals surface area contributed by atoms with Gasteiger partial charge in [-0.15, -0.1) is 0 Å². The van der Waals surface area contributed by atoms with Crippen molar-refractivity contribution in [1.29, 1.82) is 0 Å². The van der Waals surface area contributed by atoms with Crippen LogP contribution in [0.15, 0.2) is 0 Å². The van der Waals surface area contributed by atoms with Crippen LogP contribution in [0.5, 0.6) is 0 Å². The van der Waals surface area contributed by atoms with Gasteiger partial charge in [0.05, 0.1) is 18.6 Å². The number of ether oxygens (including phenoxy) is 3. The van der Waals surface area contributed by atoms with Crippen LogP contribution in [0.2, 0.25) is 0 Å². The maximum Gasteiger partial charge on any atom is 0.407 e. The zero-order valence-corrected chi connectivity index (χ0v) is 11.2. The van der Waals surface area contributed by atoms with Crippen LogP contribution < -0.4 is 5.32 Å². The highest BCUT2D eigenvalue weighted by atomic mass is 16.6. The SMILES string of the molecule is CCC(C)(C)C(=O)OCCNC(=O)OCC1CO1. The fourth-order valence-corrected chi connectivity index (χ4v) is 1.02. The number of carbonyl (C=O) groups is 2. The molecular formula is C12H21NO5. The standard InChI is InChI=1S/C12H21NO5/c1-4-12(2,3)10(14)16-6-5-13-11(15)18-8-9-7-17-9/h9H,4-8H2,1-3H3,(H,13,15). The van der Waals surface area contributed by atoms with Crippen LogP contribution in [0.1, 0.15) is 27.2 Å². The molecule has 1 aliphatic rings. The van der Waals surface area contributed by atoms with Crippen LogP contribution in [0.25, 0.3) is 0 Å². The normalized spacial score (nSPS) is 18.1. The van der Waals surface area contributed by atoms with E-state index in [1.807, 2.05) is 20.8 Å². The third-order valence-corrected chi connectivity index (χ3v) is 2.84. The van der Waals surface area contributed by atoms with Crippen molar-refractivity contribution in [3.8, 4) is 0 Å². The number of nitrogens with one attached hydrogen (secondary N) is 1. The van der Waals surface area contributed by atoms with Crippen molar-refractivity contribution >= 4 is 12.1 Å². The Morgan fingerprint density at radius 1 is 1.39 bits per heavy atom. The number of esters is 1. The number of hydrogen-bond acceptors (Lipinski definition) is 5. The van der Waals surface area contributed by atoms with Gasteiger partial charge in [0.2, 0.25) is 0 Å². The van der Waals surface area contributed by atoms with Gasteiger partial charge in [0.1, 0.15) is 19.3 Å². The van der Waals surface area contributed by atoms with Gasteiger partial charge in [-0.1, -0.05) is 6.92 Å². The van der Waals surface area contributed by atoms with E-state index in [-0.39, 0.29) is 31.8 Å². The molecule has 0 aliphatic carbocycles. The molecule has 0 aromatic carbocycles. The summed E-state index contributed by atoms with van der Waals surface area (Å²) in [5.74, 6) is -0.258. The van der Waals surface area contributed by atoms with Crippen LogP contribution in [0.4, 0.5) is 4.79 Å². The molecule has 0 aromatic heterocycles.